The van der Waals surface area contributed by atoms with E-state index in [1.807, 2.05) is 11.8 Å². The van der Waals surface area contributed by atoms with E-state index in [1.54, 1.807) is 0 Å². The molecule has 1 N–H and O–H groups in total. The Kier molecular flexibility index (Phi) is 4.69. The molecule has 2 nitrogen and oxygen atoms in total. The van der Waals surface area contributed by atoms with Gasteiger partial charge < -0.3 is 9.88 Å². The lowest BCUT2D eigenvalue weighted by atomic mass is 10.1. The van der Waals surface area contributed by atoms with E-state index < -0.39 is 0 Å². The first-order valence-electron chi connectivity index (χ1n) is 7.75. The van der Waals surface area contributed by atoms with Crippen LogP contribution in [-0.2, 0) is 13.1 Å². The molecule has 20 heavy (non-hydrogen) atoms. The van der Waals surface area contributed by atoms with Gasteiger partial charge in [-0.25, -0.2) is 0 Å². The lowest BCUT2D eigenvalue weighted by Gasteiger charge is -2.07. The largest absolute Gasteiger partial charge is 0.347 e. The lowest BCUT2D eigenvalue weighted by molar-refractivity contribution is 0.686. The molecule has 0 aliphatic heterocycles. The summed E-state index contributed by atoms with van der Waals surface area (Å²) in [6.45, 7) is 4.38. The second-order valence-electron chi connectivity index (χ2n) is 5.61. The zero-order valence-electron chi connectivity index (χ0n) is 12.3. The molecule has 1 aromatic heterocycles. The molecule has 1 fully saturated rings. The number of hydrogen-bond acceptors (Lipinski definition) is 2. The average Bonchev–Trinajstić information content (AvgIpc) is 3.22. The van der Waals surface area contributed by atoms with Crippen molar-refractivity contribution >= 4 is 22.7 Å². The molecule has 0 unspecified atom stereocenters. The molecule has 1 heterocycles. The average molecular weight is 288 g/mol. The Balaban J connectivity index is 1.66. The summed E-state index contributed by atoms with van der Waals surface area (Å²) in [4.78, 5) is 0. The third-order valence-electron chi connectivity index (χ3n) is 3.90. The highest BCUT2D eigenvalue weighted by molar-refractivity contribution is 7.99. The second kappa shape index (κ2) is 6.68. The number of rotatable bonds is 8. The van der Waals surface area contributed by atoms with Crippen LogP contribution < -0.4 is 5.32 Å². The van der Waals surface area contributed by atoms with Crippen molar-refractivity contribution in [3.05, 3.63) is 36.0 Å². The van der Waals surface area contributed by atoms with E-state index >= 15 is 0 Å². The van der Waals surface area contributed by atoms with Crippen molar-refractivity contribution in [3.63, 3.8) is 0 Å². The van der Waals surface area contributed by atoms with Crippen molar-refractivity contribution in [1.29, 1.82) is 0 Å². The molecule has 0 bridgehead atoms. The van der Waals surface area contributed by atoms with Gasteiger partial charge in [-0.2, -0.15) is 11.8 Å². The van der Waals surface area contributed by atoms with Crippen LogP contribution in [-0.4, -0.2) is 22.1 Å². The first-order valence-corrected chi connectivity index (χ1v) is 8.91. The first-order chi connectivity index (χ1) is 9.86. The summed E-state index contributed by atoms with van der Waals surface area (Å²) in [5.74, 6) is 2.49. The van der Waals surface area contributed by atoms with Crippen LogP contribution in [0.15, 0.2) is 30.5 Å². The normalized spacial score (nSPS) is 15.1. The molecule has 1 aliphatic rings. The molecule has 1 aliphatic carbocycles. The monoisotopic (exact) mass is 288 g/mol. The molecular weight excluding hydrogens is 264 g/mol. The van der Waals surface area contributed by atoms with E-state index in [-0.39, 0.29) is 0 Å². The van der Waals surface area contributed by atoms with Crippen LogP contribution in [0, 0.1) is 0 Å². The number of benzene rings is 1. The minimum Gasteiger partial charge on any atom is -0.347 e. The third kappa shape index (κ3) is 3.58. The van der Waals surface area contributed by atoms with Gasteiger partial charge >= 0.3 is 0 Å². The van der Waals surface area contributed by atoms with E-state index in [0.717, 1.165) is 19.1 Å². The van der Waals surface area contributed by atoms with Gasteiger partial charge in [0.05, 0.1) is 0 Å². The van der Waals surface area contributed by atoms with Gasteiger partial charge in [-0.1, -0.05) is 19.1 Å². The van der Waals surface area contributed by atoms with Crippen molar-refractivity contribution in [2.75, 3.05) is 11.5 Å². The number of nitrogens with zero attached hydrogens (tertiary/aromatic N) is 1. The van der Waals surface area contributed by atoms with Crippen LogP contribution in [0.25, 0.3) is 10.9 Å². The van der Waals surface area contributed by atoms with Crippen LogP contribution >= 0.6 is 11.8 Å². The molecule has 3 heteroatoms. The Hall–Kier alpha value is -0.930. The fourth-order valence-corrected chi connectivity index (χ4v) is 3.19. The van der Waals surface area contributed by atoms with Crippen LogP contribution in [0.5, 0.6) is 0 Å². The van der Waals surface area contributed by atoms with E-state index in [0.29, 0.717) is 0 Å². The van der Waals surface area contributed by atoms with Gasteiger partial charge in [0.2, 0.25) is 0 Å². The summed E-state index contributed by atoms with van der Waals surface area (Å²) < 4.78 is 2.41. The number of nitrogens with one attached hydrogen (secondary N) is 1. The van der Waals surface area contributed by atoms with Crippen molar-refractivity contribution in [3.8, 4) is 0 Å². The standard InChI is InChI=1S/C17H24N2S/c1-2-20-11-3-9-19-10-8-15-5-4-14(12-17(15)19)13-18-16-6-7-16/h4-5,8,10,12,16,18H,2-3,6-7,9,11,13H2,1H3. The SMILES string of the molecule is CCSCCCn1ccc2ccc(CNC3CC3)cc21. The minimum absolute atomic E-state index is 0.781. The topological polar surface area (TPSA) is 17.0 Å². The highest BCUT2D eigenvalue weighted by Gasteiger charge is 2.19. The Morgan fingerprint density at radius 1 is 1.30 bits per heavy atom. The molecule has 0 atom stereocenters. The predicted octanol–water partition coefficient (Wildman–Crippen LogP) is 4.04. The first kappa shape index (κ1) is 14.0. The highest BCUT2D eigenvalue weighted by Crippen LogP contribution is 2.21. The molecule has 0 saturated heterocycles. The van der Waals surface area contributed by atoms with E-state index in [1.165, 1.54) is 47.2 Å². The quantitative estimate of drug-likeness (QED) is 0.738. The van der Waals surface area contributed by atoms with Gasteiger partial charge in [0.1, 0.15) is 0 Å². The fraction of sp³-hybridized carbons (Fsp3) is 0.529. The Bertz CT molecular complexity index is 557. The van der Waals surface area contributed by atoms with Crippen molar-refractivity contribution in [1.82, 2.24) is 9.88 Å². The molecular formula is C17H24N2S. The zero-order valence-corrected chi connectivity index (χ0v) is 13.1. The van der Waals surface area contributed by atoms with Crippen LogP contribution in [0.4, 0.5) is 0 Å². The molecule has 0 spiro atoms. The minimum atomic E-state index is 0.781. The van der Waals surface area contributed by atoms with Gasteiger partial charge in [-0.05, 0) is 53.9 Å². The van der Waals surface area contributed by atoms with E-state index in [9.17, 15) is 0 Å². The van der Waals surface area contributed by atoms with Crippen molar-refractivity contribution in [2.45, 2.75) is 45.3 Å². The maximum atomic E-state index is 3.60. The number of hydrogen-bond donors (Lipinski definition) is 1. The summed E-state index contributed by atoms with van der Waals surface area (Å²) in [6, 6.07) is 9.90. The maximum Gasteiger partial charge on any atom is 0.0483 e. The summed E-state index contributed by atoms with van der Waals surface area (Å²) in [5.41, 5.74) is 2.80. The molecule has 1 saturated carbocycles. The van der Waals surface area contributed by atoms with Crippen molar-refractivity contribution in [2.24, 2.45) is 0 Å². The third-order valence-corrected chi connectivity index (χ3v) is 4.89. The number of aryl methyl sites for hydroxylation is 1. The Morgan fingerprint density at radius 3 is 3.00 bits per heavy atom. The van der Waals surface area contributed by atoms with Crippen LogP contribution in [0.2, 0.25) is 0 Å². The van der Waals surface area contributed by atoms with E-state index in [4.69, 9.17) is 0 Å². The fourth-order valence-electron chi connectivity index (χ4n) is 2.57. The molecule has 3 rings (SSSR count). The Labute approximate surface area is 125 Å². The van der Waals surface area contributed by atoms with Crippen LogP contribution in [0.3, 0.4) is 0 Å². The smallest absolute Gasteiger partial charge is 0.0483 e. The summed E-state index contributed by atoms with van der Waals surface area (Å²) in [7, 11) is 0. The number of thioether (sulfide) groups is 1. The summed E-state index contributed by atoms with van der Waals surface area (Å²) in [6.07, 6.45) is 6.20. The summed E-state index contributed by atoms with van der Waals surface area (Å²) in [5, 5.41) is 4.96. The van der Waals surface area contributed by atoms with Crippen LogP contribution in [0.1, 0.15) is 31.7 Å². The van der Waals surface area contributed by atoms with Gasteiger partial charge in [-0.15, -0.1) is 0 Å². The number of fused-ring (bicyclic) bond motifs is 1. The van der Waals surface area contributed by atoms with E-state index in [2.05, 4.69) is 47.3 Å². The molecule has 0 amide bonds. The Morgan fingerprint density at radius 2 is 2.20 bits per heavy atom. The van der Waals surface area contributed by atoms with Gasteiger partial charge in [0, 0.05) is 30.8 Å². The van der Waals surface area contributed by atoms with Gasteiger partial charge in [0.25, 0.3) is 0 Å². The second-order valence-corrected chi connectivity index (χ2v) is 7.00. The molecule has 0 radical (unpaired) electrons. The lowest BCUT2D eigenvalue weighted by Crippen LogP contribution is -2.15. The summed E-state index contributed by atoms with van der Waals surface area (Å²) >= 11 is 2.03. The highest BCUT2D eigenvalue weighted by atomic mass is 32.2. The molecule has 108 valence electrons. The van der Waals surface area contributed by atoms with Crippen molar-refractivity contribution < 1.29 is 0 Å². The zero-order chi connectivity index (χ0) is 13.8. The maximum absolute atomic E-state index is 3.60. The predicted molar refractivity (Wildman–Crippen MR) is 89.4 cm³/mol. The van der Waals surface area contributed by atoms with Gasteiger partial charge in [-0.3, -0.25) is 0 Å². The van der Waals surface area contributed by atoms with Gasteiger partial charge in [0.15, 0.2) is 0 Å². The molecule has 2 aromatic rings. The molecule has 1 aromatic carbocycles. The number of aromatic nitrogens is 1.